The molecule has 46 heavy (non-hydrogen) atoms. The fourth-order valence-electron chi connectivity index (χ4n) is 6.44. The normalized spacial score (nSPS) is 11.3. The Balaban J connectivity index is 0.0000106. The van der Waals surface area contributed by atoms with Crippen molar-refractivity contribution in [3.05, 3.63) is 59.9 Å². The lowest BCUT2D eigenvalue weighted by Gasteiger charge is -2.25. The number of hydrogen-bond acceptors (Lipinski definition) is 1. The maximum absolute atomic E-state index is 2.68. The van der Waals surface area contributed by atoms with Crippen LogP contribution in [0, 0.1) is 0 Å². The van der Waals surface area contributed by atoms with Gasteiger partial charge in [0, 0.05) is 30.9 Å². The Morgan fingerprint density at radius 3 is 1.11 bits per heavy atom. The van der Waals surface area contributed by atoms with Gasteiger partial charge in [0.2, 0.25) is 0 Å². The molecular formula is C43H73IN2. The highest BCUT2D eigenvalue weighted by molar-refractivity contribution is 5.70. The summed E-state index contributed by atoms with van der Waals surface area (Å²) in [6.45, 7) is 10.2. The number of aromatic nitrogens is 1. The maximum Gasteiger partial charge on any atom is 0.169 e. The van der Waals surface area contributed by atoms with Crippen molar-refractivity contribution in [2.45, 2.75) is 181 Å². The molecule has 0 amide bonds. The largest absolute Gasteiger partial charge is 1.00 e. The molecule has 3 heteroatoms. The summed E-state index contributed by atoms with van der Waals surface area (Å²) in [6.07, 6.45) is 42.8. The Bertz CT molecular complexity index is 908. The van der Waals surface area contributed by atoms with Gasteiger partial charge >= 0.3 is 0 Å². The van der Waals surface area contributed by atoms with Crippen molar-refractivity contribution in [1.82, 2.24) is 0 Å². The molecule has 0 atom stereocenters. The van der Waals surface area contributed by atoms with Crippen molar-refractivity contribution >= 4 is 17.8 Å². The quantitative estimate of drug-likeness (QED) is 0.0439. The Morgan fingerprint density at radius 2 is 0.761 bits per heavy atom. The van der Waals surface area contributed by atoms with E-state index in [4.69, 9.17) is 0 Å². The molecule has 2 nitrogen and oxygen atoms in total. The predicted molar refractivity (Wildman–Crippen MR) is 202 cm³/mol. The molecule has 0 bridgehead atoms. The van der Waals surface area contributed by atoms with E-state index in [1.54, 1.807) is 0 Å². The second-order valence-corrected chi connectivity index (χ2v) is 13.7. The molecule has 0 spiro atoms. The molecule has 0 unspecified atom stereocenters. The standard InChI is InChI=1S/C43H73N2.HI/c1-4-7-9-11-13-15-17-19-21-23-25-27-37-45(38-28-26-24-22-20-18-16-14-12-10-8-5-2)43-33-31-41(32-34-43)29-30-42-35-39-44(6-3)40-36-42;/h29-36,39-40H,4-28,37-38H2,1-3H3;1H/q+1;/p-1. The van der Waals surface area contributed by atoms with Crippen LogP contribution in [0.15, 0.2) is 48.8 Å². The zero-order valence-electron chi connectivity index (χ0n) is 30.6. The number of pyridine rings is 1. The molecule has 0 aliphatic heterocycles. The summed E-state index contributed by atoms with van der Waals surface area (Å²) >= 11 is 0. The zero-order chi connectivity index (χ0) is 32.0. The van der Waals surface area contributed by atoms with Crippen molar-refractivity contribution in [3.8, 4) is 0 Å². The van der Waals surface area contributed by atoms with E-state index < -0.39 is 0 Å². The summed E-state index contributed by atoms with van der Waals surface area (Å²) in [4.78, 5) is 2.68. The molecule has 0 radical (unpaired) electrons. The van der Waals surface area contributed by atoms with Gasteiger partial charge in [-0.3, -0.25) is 0 Å². The van der Waals surface area contributed by atoms with Gasteiger partial charge < -0.3 is 28.9 Å². The van der Waals surface area contributed by atoms with Crippen molar-refractivity contribution in [3.63, 3.8) is 0 Å². The van der Waals surface area contributed by atoms with Crippen molar-refractivity contribution in [1.29, 1.82) is 0 Å². The molecule has 0 saturated carbocycles. The van der Waals surface area contributed by atoms with Crippen LogP contribution in [0.4, 0.5) is 5.69 Å². The van der Waals surface area contributed by atoms with Crippen molar-refractivity contribution < 1.29 is 28.5 Å². The monoisotopic (exact) mass is 744 g/mol. The van der Waals surface area contributed by atoms with E-state index in [1.165, 1.54) is 184 Å². The number of anilines is 1. The van der Waals surface area contributed by atoms with E-state index in [0.29, 0.717) is 0 Å². The summed E-state index contributed by atoms with van der Waals surface area (Å²) in [6, 6.07) is 13.7. The lowest BCUT2D eigenvalue weighted by Crippen LogP contribution is -3.00. The topological polar surface area (TPSA) is 7.12 Å². The maximum atomic E-state index is 2.68. The number of benzene rings is 1. The molecular weight excluding hydrogens is 671 g/mol. The minimum Gasteiger partial charge on any atom is -1.00 e. The molecule has 0 N–H and O–H groups in total. The first-order valence-electron chi connectivity index (χ1n) is 19.8. The van der Waals surface area contributed by atoms with E-state index >= 15 is 0 Å². The van der Waals surface area contributed by atoms with Crippen LogP contribution in [0.25, 0.3) is 12.2 Å². The first-order valence-corrected chi connectivity index (χ1v) is 19.8. The molecule has 0 aliphatic rings. The second kappa shape index (κ2) is 30.9. The van der Waals surface area contributed by atoms with E-state index in [-0.39, 0.29) is 24.0 Å². The summed E-state index contributed by atoms with van der Waals surface area (Å²) in [5.41, 5.74) is 3.94. The highest BCUT2D eigenvalue weighted by atomic mass is 127. The number of hydrogen-bond donors (Lipinski definition) is 0. The lowest BCUT2D eigenvalue weighted by atomic mass is 10.0. The van der Waals surface area contributed by atoms with Crippen LogP contribution in [-0.4, -0.2) is 13.1 Å². The summed E-state index contributed by atoms with van der Waals surface area (Å²) in [7, 11) is 0. The average molecular weight is 745 g/mol. The van der Waals surface area contributed by atoms with Gasteiger partial charge in [0.05, 0.1) is 0 Å². The van der Waals surface area contributed by atoms with E-state index in [9.17, 15) is 0 Å². The van der Waals surface area contributed by atoms with Crippen LogP contribution in [-0.2, 0) is 6.54 Å². The number of aryl methyl sites for hydroxylation is 1. The van der Waals surface area contributed by atoms with Gasteiger partial charge in [-0.1, -0.05) is 179 Å². The summed E-state index contributed by atoms with van der Waals surface area (Å²) < 4.78 is 2.20. The molecule has 0 aliphatic carbocycles. The third-order valence-electron chi connectivity index (χ3n) is 9.57. The number of unbranched alkanes of at least 4 members (excludes halogenated alkanes) is 22. The van der Waals surface area contributed by atoms with Gasteiger partial charge in [-0.2, -0.15) is 0 Å². The van der Waals surface area contributed by atoms with Crippen LogP contribution in [0.5, 0.6) is 0 Å². The molecule has 1 heterocycles. The van der Waals surface area contributed by atoms with Gasteiger partial charge in [0.1, 0.15) is 6.54 Å². The van der Waals surface area contributed by atoms with Crippen molar-refractivity contribution in [2.24, 2.45) is 0 Å². The van der Waals surface area contributed by atoms with Crippen LogP contribution in [0.1, 0.15) is 186 Å². The molecule has 2 rings (SSSR count). The Kier molecular flexibility index (Phi) is 28.7. The summed E-state index contributed by atoms with van der Waals surface area (Å²) in [5, 5.41) is 0. The SMILES string of the molecule is CCCCCCCCCCCCCCN(CCCCCCCCCCCCCC)c1ccc(C=Cc2cc[n+](CC)cc2)cc1.[I-]. The first-order chi connectivity index (χ1) is 22.3. The molecule has 0 fully saturated rings. The van der Waals surface area contributed by atoms with Crippen LogP contribution in [0.2, 0.25) is 0 Å². The van der Waals surface area contributed by atoms with Crippen LogP contribution < -0.4 is 33.4 Å². The second-order valence-electron chi connectivity index (χ2n) is 13.7. The predicted octanol–water partition coefficient (Wildman–Crippen LogP) is 10.4. The highest BCUT2D eigenvalue weighted by Crippen LogP contribution is 2.20. The highest BCUT2D eigenvalue weighted by Gasteiger charge is 2.07. The molecule has 0 saturated heterocycles. The van der Waals surface area contributed by atoms with Crippen molar-refractivity contribution in [2.75, 3.05) is 18.0 Å². The minimum atomic E-state index is 0. The minimum absolute atomic E-state index is 0. The smallest absolute Gasteiger partial charge is 0.169 e. The Hall–Kier alpha value is -1.36. The fraction of sp³-hybridized carbons (Fsp3) is 0.698. The van der Waals surface area contributed by atoms with Gasteiger partial charge in [0.15, 0.2) is 12.4 Å². The van der Waals surface area contributed by atoms with E-state index in [2.05, 4.69) is 91.2 Å². The van der Waals surface area contributed by atoms with Crippen LogP contribution >= 0.6 is 0 Å². The summed E-state index contributed by atoms with van der Waals surface area (Å²) in [5.74, 6) is 0. The van der Waals surface area contributed by atoms with Gasteiger partial charge in [-0.15, -0.1) is 0 Å². The van der Waals surface area contributed by atoms with Gasteiger partial charge in [0.25, 0.3) is 0 Å². The molecule has 262 valence electrons. The molecule has 2 aromatic rings. The van der Waals surface area contributed by atoms with Gasteiger partial charge in [-0.05, 0) is 43.0 Å². The van der Waals surface area contributed by atoms with Gasteiger partial charge in [-0.25, -0.2) is 4.57 Å². The average Bonchev–Trinajstić information content (AvgIpc) is 3.08. The van der Waals surface area contributed by atoms with E-state index in [1.807, 2.05) is 0 Å². The Labute approximate surface area is 304 Å². The zero-order valence-corrected chi connectivity index (χ0v) is 32.8. The number of halogens is 1. The molecule has 1 aromatic heterocycles. The lowest BCUT2D eigenvalue weighted by molar-refractivity contribution is -0.693. The number of nitrogens with zero attached hydrogens (tertiary/aromatic N) is 2. The van der Waals surface area contributed by atoms with Crippen LogP contribution in [0.3, 0.4) is 0 Å². The Morgan fingerprint density at radius 1 is 0.435 bits per heavy atom. The van der Waals surface area contributed by atoms with E-state index in [0.717, 1.165) is 6.54 Å². The first kappa shape index (κ1) is 42.7. The fourth-order valence-corrected chi connectivity index (χ4v) is 6.44. The molecule has 1 aromatic carbocycles. The third-order valence-corrected chi connectivity index (χ3v) is 9.57. The third kappa shape index (κ3) is 22.3. The number of rotatable bonds is 30.